The number of carbonyl (C=O) groups is 2. The molecule has 0 fully saturated rings. The number of anilines is 1. The Kier molecular flexibility index (Phi) is 3.42. The first-order chi connectivity index (χ1) is 8.22. The molecule has 90 valence electrons. The molecule has 0 saturated carbocycles. The first-order valence-electron chi connectivity index (χ1n) is 5.93. The standard InChI is InChI=1S/C13H16N2O2/c1-2-3-7-11-13(17)15-12(16)9-6-4-5-8-10(9)14-11/h4-6,8,11,14H,2-3,7H2,1H3,(H,15,16,17). The van der Waals surface area contributed by atoms with Crippen molar-refractivity contribution in [2.45, 2.75) is 32.2 Å². The van der Waals surface area contributed by atoms with E-state index in [-0.39, 0.29) is 17.9 Å². The van der Waals surface area contributed by atoms with Gasteiger partial charge in [0, 0.05) is 5.69 Å². The van der Waals surface area contributed by atoms with Crippen LogP contribution in [0, 0.1) is 0 Å². The van der Waals surface area contributed by atoms with Gasteiger partial charge in [-0.15, -0.1) is 0 Å². The van der Waals surface area contributed by atoms with Crippen LogP contribution in [0.15, 0.2) is 24.3 Å². The third-order valence-corrected chi connectivity index (χ3v) is 2.90. The topological polar surface area (TPSA) is 58.2 Å². The molecule has 1 aromatic carbocycles. The number of rotatable bonds is 3. The molecule has 1 aliphatic rings. The van der Waals surface area contributed by atoms with Gasteiger partial charge in [-0.25, -0.2) is 0 Å². The molecule has 0 aromatic heterocycles. The summed E-state index contributed by atoms with van der Waals surface area (Å²) >= 11 is 0. The Morgan fingerprint density at radius 3 is 2.76 bits per heavy atom. The largest absolute Gasteiger partial charge is 0.373 e. The monoisotopic (exact) mass is 232 g/mol. The van der Waals surface area contributed by atoms with Gasteiger partial charge in [0.05, 0.1) is 5.56 Å². The van der Waals surface area contributed by atoms with Gasteiger partial charge in [-0.1, -0.05) is 31.9 Å². The van der Waals surface area contributed by atoms with Gasteiger partial charge in [-0.2, -0.15) is 0 Å². The summed E-state index contributed by atoms with van der Waals surface area (Å²) in [7, 11) is 0. The Bertz CT molecular complexity index is 443. The number of fused-ring (bicyclic) bond motifs is 1. The lowest BCUT2D eigenvalue weighted by Crippen LogP contribution is -2.39. The summed E-state index contributed by atoms with van der Waals surface area (Å²) < 4.78 is 0. The van der Waals surface area contributed by atoms with E-state index in [4.69, 9.17) is 0 Å². The van der Waals surface area contributed by atoms with Crippen molar-refractivity contribution in [3.8, 4) is 0 Å². The highest BCUT2D eigenvalue weighted by Gasteiger charge is 2.26. The number of imide groups is 1. The smallest absolute Gasteiger partial charge is 0.259 e. The second kappa shape index (κ2) is 4.99. The van der Waals surface area contributed by atoms with Crippen LogP contribution in [0.1, 0.15) is 36.5 Å². The first-order valence-corrected chi connectivity index (χ1v) is 5.93. The molecule has 0 bridgehead atoms. The van der Waals surface area contributed by atoms with Crippen LogP contribution >= 0.6 is 0 Å². The fourth-order valence-corrected chi connectivity index (χ4v) is 1.94. The summed E-state index contributed by atoms with van der Waals surface area (Å²) in [5, 5.41) is 5.56. The number of amides is 2. The number of para-hydroxylation sites is 1. The van der Waals surface area contributed by atoms with Crippen LogP contribution in [0.2, 0.25) is 0 Å². The second-order valence-electron chi connectivity index (χ2n) is 4.20. The van der Waals surface area contributed by atoms with E-state index >= 15 is 0 Å². The summed E-state index contributed by atoms with van der Waals surface area (Å²) in [5.41, 5.74) is 1.26. The van der Waals surface area contributed by atoms with Crippen molar-refractivity contribution in [1.82, 2.24) is 5.32 Å². The van der Waals surface area contributed by atoms with Crippen molar-refractivity contribution in [3.63, 3.8) is 0 Å². The number of hydrogen-bond donors (Lipinski definition) is 2. The minimum atomic E-state index is -0.322. The maximum absolute atomic E-state index is 11.8. The van der Waals surface area contributed by atoms with E-state index in [9.17, 15) is 9.59 Å². The van der Waals surface area contributed by atoms with Gasteiger partial charge in [-0.05, 0) is 18.6 Å². The molecule has 1 unspecified atom stereocenters. The summed E-state index contributed by atoms with van der Waals surface area (Å²) in [6, 6.07) is 6.87. The quantitative estimate of drug-likeness (QED) is 0.783. The maximum atomic E-state index is 11.8. The van der Waals surface area contributed by atoms with Gasteiger partial charge in [0.1, 0.15) is 6.04 Å². The van der Waals surface area contributed by atoms with Gasteiger partial charge in [-0.3, -0.25) is 14.9 Å². The molecule has 2 amide bonds. The number of hydrogen-bond acceptors (Lipinski definition) is 3. The Morgan fingerprint density at radius 2 is 2.00 bits per heavy atom. The highest BCUT2D eigenvalue weighted by molar-refractivity contribution is 6.11. The second-order valence-corrected chi connectivity index (χ2v) is 4.20. The molecular weight excluding hydrogens is 216 g/mol. The van der Waals surface area contributed by atoms with Gasteiger partial charge < -0.3 is 5.32 Å². The van der Waals surface area contributed by atoms with Crippen molar-refractivity contribution >= 4 is 17.5 Å². The Labute approximate surface area is 100 Å². The normalized spacial score (nSPS) is 19.0. The van der Waals surface area contributed by atoms with Crippen molar-refractivity contribution < 1.29 is 9.59 Å². The molecule has 17 heavy (non-hydrogen) atoms. The summed E-state index contributed by atoms with van der Waals surface area (Å²) in [6.07, 6.45) is 2.73. The van der Waals surface area contributed by atoms with Gasteiger partial charge >= 0.3 is 0 Å². The van der Waals surface area contributed by atoms with Gasteiger partial charge in [0.15, 0.2) is 0 Å². The van der Waals surface area contributed by atoms with E-state index in [1.165, 1.54) is 0 Å². The van der Waals surface area contributed by atoms with Crippen molar-refractivity contribution in [1.29, 1.82) is 0 Å². The predicted octanol–water partition coefficient (Wildman–Crippen LogP) is 1.93. The molecule has 2 rings (SSSR count). The van der Waals surface area contributed by atoms with E-state index in [2.05, 4.69) is 17.6 Å². The lowest BCUT2D eigenvalue weighted by molar-refractivity contribution is -0.120. The molecule has 4 nitrogen and oxygen atoms in total. The van der Waals surface area contributed by atoms with Crippen molar-refractivity contribution in [2.75, 3.05) is 5.32 Å². The third kappa shape index (κ3) is 2.46. The minimum Gasteiger partial charge on any atom is -0.373 e. The molecule has 1 atom stereocenters. The maximum Gasteiger partial charge on any atom is 0.259 e. The SMILES string of the molecule is CCCCC1Nc2ccccc2C(=O)NC1=O. The van der Waals surface area contributed by atoms with Crippen LogP contribution in [0.25, 0.3) is 0 Å². The number of unbranched alkanes of at least 4 members (excludes halogenated alkanes) is 1. The molecule has 4 heteroatoms. The fraction of sp³-hybridized carbons (Fsp3) is 0.385. The molecule has 0 saturated heterocycles. The third-order valence-electron chi connectivity index (χ3n) is 2.90. The molecule has 1 heterocycles. The van der Waals surface area contributed by atoms with Crippen molar-refractivity contribution in [3.05, 3.63) is 29.8 Å². The Balaban J connectivity index is 2.25. The van der Waals surface area contributed by atoms with Gasteiger partial charge in [0.2, 0.25) is 5.91 Å². The van der Waals surface area contributed by atoms with Crippen LogP contribution < -0.4 is 10.6 Å². The average Bonchev–Trinajstić information content (AvgIpc) is 2.45. The molecule has 0 aliphatic carbocycles. The number of carbonyl (C=O) groups excluding carboxylic acids is 2. The predicted molar refractivity (Wildman–Crippen MR) is 65.9 cm³/mol. The van der Waals surface area contributed by atoms with E-state index in [0.29, 0.717) is 5.56 Å². The van der Waals surface area contributed by atoms with E-state index in [1.807, 2.05) is 12.1 Å². The highest BCUT2D eigenvalue weighted by atomic mass is 16.2. The zero-order valence-corrected chi connectivity index (χ0v) is 9.82. The first kappa shape index (κ1) is 11.6. The Morgan fingerprint density at radius 1 is 1.24 bits per heavy atom. The molecule has 1 aromatic rings. The molecule has 2 N–H and O–H groups in total. The fourth-order valence-electron chi connectivity index (χ4n) is 1.94. The minimum absolute atomic E-state index is 0.236. The highest BCUT2D eigenvalue weighted by Crippen LogP contribution is 2.20. The van der Waals surface area contributed by atoms with Crippen LogP contribution in [0.4, 0.5) is 5.69 Å². The number of nitrogens with one attached hydrogen (secondary N) is 2. The van der Waals surface area contributed by atoms with E-state index in [1.54, 1.807) is 12.1 Å². The summed E-state index contributed by atoms with van der Waals surface area (Å²) in [5.74, 6) is -0.559. The molecular formula is C13H16N2O2. The van der Waals surface area contributed by atoms with E-state index < -0.39 is 0 Å². The molecule has 0 radical (unpaired) electrons. The molecule has 0 spiro atoms. The van der Waals surface area contributed by atoms with E-state index in [0.717, 1.165) is 24.9 Å². The lowest BCUT2D eigenvalue weighted by Gasteiger charge is -2.15. The van der Waals surface area contributed by atoms with Crippen LogP contribution in [-0.2, 0) is 4.79 Å². The van der Waals surface area contributed by atoms with Crippen LogP contribution in [-0.4, -0.2) is 17.9 Å². The van der Waals surface area contributed by atoms with Crippen LogP contribution in [0.5, 0.6) is 0 Å². The zero-order chi connectivity index (χ0) is 12.3. The lowest BCUT2D eigenvalue weighted by atomic mass is 10.1. The summed E-state index contributed by atoms with van der Waals surface area (Å²) in [4.78, 5) is 23.6. The molecule has 1 aliphatic heterocycles. The van der Waals surface area contributed by atoms with Crippen LogP contribution in [0.3, 0.4) is 0 Å². The van der Waals surface area contributed by atoms with Gasteiger partial charge in [0.25, 0.3) is 5.91 Å². The zero-order valence-electron chi connectivity index (χ0n) is 9.82. The number of benzene rings is 1. The Hall–Kier alpha value is -1.84. The average molecular weight is 232 g/mol. The van der Waals surface area contributed by atoms with Crippen molar-refractivity contribution in [2.24, 2.45) is 0 Å². The summed E-state index contributed by atoms with van der Waals surface area (Å²) in [6.45, 7) is 2.08.